The first-order valence-corrected chi connectivity index (χ1v) is 7.73. The summed E-state index contributed by atoms with van der Waals surface area (Å²) < 4.78 is 12.8. The molecule has 2 amide bonds. The van der Waals surface area contributed by atoms with E-state index in [1.54, 1.807) is 0 Å². The van der Waals surface area contributed by atoms with Crippen LogP contribution in [0.25, 0.3) is 0 Å². The van der Waals surface area contributed by atoms with Crippen LogP contribution in [0.15, 0.2) is 34.3 Å². The van der Waals surface area contributed by atoms with E-state index in [4.69, 9.17) is 0 Å². The molecule has 4 nitrogen and oxygen atoms in total. The lowest BCUT2D eigenvalue weighted by Crippen LogP contribution is -2.23. The van der Waals surface area contributed by atoms with Crippen molar-refractivity contribution < 1.29 is 14.0 Å². The minimum Gasteiger partial charge on any atom is -0.293 e. The maximum atomic E-state index is 12.8. The molecule has 1 heterocycles. The smallest absolute Gasteiger partial charge is 0.293 e. The molecule has 1 aliphatic heterocycles. The van der Waals surface area contributed by atoms with Crippen LogP contribution in [0.5, 0.6) is 0 Å². The van der Waals surface area contributed by atoms with Gasteiger partial charge in [0.2, 0.25) is 0 Å². The summed E-state index contributed by atoms with van der Waals surface area (Å²) in [6.07, 6.45) is 2.77. The van der Waals surface area contributed by atoms with Gasteiger partial charge < -0.3 is 0 Å². The summed E-state index contributed by atoms with van der Waals surface area (Å²) in [7, 11) is 0. The highest BCUT2D eigenvalue weighted by Gasteiger charge is 2.32. The molecule has 108 valence electrons. The van der Waals surface area contributed by atoms with Gasteiger partial charge in [-0.05, 0) is 43.5 Å². The molecule has 0 spiro atoms. The largest absolute Gasteiger partial charge is 0.367 e. The van der Waals surface area contributed by atoms with Crippen molar-refractivity contribution in [1.29, 1.82) is 0 Å². The summed E-state index contributed by atoms with van der Waals surface area (Å²) in [5.74, 6) is -0.166. The number of nitrogens with zero attached hydrogens (tertiary/aromatic N) is 2. The summed E-state index contributed by atoms with van der Waals surface area (Å²) in [4.78, 5) is 31.4. The van der Waals surface area contributed by atoms with Gasteiger partial charge in [0.1, 0.15) is 5.82 Å². The molecule has 1 saturated carbocycles. The number of hydrogen-bond acceptors (Lipinski definition) is 3. The van der Waals surface area contributed by atoms with Crippen LogP contribution in [0, 0.1) is 11.7 Å². The first kappa shape index (κ1) is 14.1. The van der Waals surface area contributed by atoms with Crippen molar-refractivity contribution in [3.63, 3.8) is 0 Å². The molecule has 0 radical (unpaired) electrons. The summed E-state index contributed by atoms with van der Waals surface area (Å²) >= 11 is 1.29. The fraction of sp³-hybridized carbons (Fsp3) is 0.333. The van der Waals surface area contributed by atoms with E-state index in [1.165, 1.54) is 36.0 Å². The van der Waals surface area contributed by atoms with Crippen LogP contribution in [0.2, 0.25) is 0 Å². The third kappa shape index (κ3) is 3.10. The summed E-state index contributed by atoms with van der Waals surface area (Å²) in [6.45, 7) is 0. The number of halogens is 1. The third-order valence-electron chi connectivity index (χ3n) is 3.59. The molecule has 2 aliphatic rings. The second-order valence-corrected chi connectivity index (χ2v) is 5.99. The van der Waals surface area contributed by atoms with E-state index < -0.39 is 6.03 Å². The molecule has 3 rings (SSSR count). The number of aliphatic imine (C=N–C) groups is 2. The fourth-order valence-electron chi connectivity index (χ4n) is 2.54. The molecule has 0 N–H and O–H groups in total. The SMILES string of the molecule is O=C1N=C2CCCC2C(SCC(=O)c2ccc(F)cc2)=N1. The minimum absolute atomic E-state index is 0.0998. The van der Waals surface area contributed by atoms with Gasteiger partial charge in [-0.15, -0.1) is 11.8 Å². The number of hydrogen-bond donors (Lipinski definition) is 0. The van der Waals surface area contributed by atoms with Gasteiger partial charge in [-0.2, -0.15) is 4.99 Å². The Morgan fingerprint density at radius 1 is 1.29 bits per heavy atom. The van der Waals surface area contributed by atoms with E-state index in [-0.39, 0.29) is 23.3 Å². The molecular formula is C15H13FN2O2S. The van der Waals surface area contributed by atoms with E-state index in [1.807, 2.05) is 0 Å². The van der Waals surface area contributed by atoms with Crippen molar-refractivity contribution >= 4 is 34.3 Å². The van der Waals surface area contributed by atoms with Crippen molar-refractivity contribution in [1.82, 2.24) is 0 Å². The molecule has 1 atom stereocenters. The van der Waals surface area contributed by atoms with Gasteiger partial charge in [0, 0.05) is 17.2 Å². The Kier molecular flexibility index (Phi) is 3.96. The van der Waals surface area contributed by atoms with E-state index in [2.05, 4.69) is 9.98 Å². The molecule has 1 aromatic rings. The van der Waals surface area contributed by atoms with Gasteiger partial charge in [-0.1, -0.05) is 0 Å². The van der Waals surface area contributed by atoms with E-state index in [0.29, 0.717) is 10.6 Å². The number of Topliss-reactive ketones (excluding diaryl/α,β-unsaturated/α-hetero) is 1. The van der Waals surface area contributed by atoms with Crippen LogP contribution in [-0.2, 0) is 0 Å². The van der Waals surface area contributed by atoms with Gasteiger partial charge in [-0.3, -0.25) is 4.79 Å². The Morgan fingerprint density at radius 2 is 2.05 bits per heavy atom. The quantitative estimate of drug-likeness (QED) is 0.803. The summed E-state index contributed by atoms with van der Waals surface area (Å²) in [5.41, 5.74) is 1.36. The van der Waals surface area contributed by atoms with Crippen LogP contribution in [0.3, 0.4) is 0 Å². The zero-order valence-corrected chi connectivity index (χ0v) is 12.0. The number of fused-ring (bicyclic) bond motifs is 1. The van der Waals surface area contributed by atoms with Gasteiger partial charge in [0.05, 0.1) is 10.8 Å². The zero-order valence-electron chi connectivity index (χ0n) is 11.2. The average molecular weight is 304 g/mol. The molecular weight excluding hydrogens is 291 g/mol. The highest BCUT2D eigenvalue weighted by atomic mass is 32.2. The lowest BCUT2D eigenvalue weighted by Gasteiger charge is -2.16. The number of rotatable bonds is 3. The number of thioether (sulfide) groups is 1. The number of amides is 2. The predicted molar refractivity (Wildman–Crippen MR) is 80.8 cm³/mol. The number of ketones is 1. The maximum absolute atomic E-state index is 12.8. The van der Waals surface area contributed by atoms with Crippen LogP contribution in [0.1, 0.15) is 29.6 Å². The highest BCUT2D eigenvalue weighted by Crippen LogP contribution is 2.31. The molecule has 6 heteroatoms. The van der Waals surface area contributed by atoms with Crippen LogP contribution in [-0.4, -0.2) is 28.3 Å². The highest BCUT2D eigenvalue weighted by molar-refractivity contribution is 8.14. The zero-order chi connectivity index (χ0) is 14.8. The lowest BCUT2D eigenvalue weighted by atomic mass is 10.1. The van der Waals surface area contributed by atoms with E-state index >= 15 is 0 Å². The van der Waals surface area contributed by atoms with Gasteiger partial charge >= 0.3 is 6.03 Å². The molecule has 1 fully saturated rings. The molecule has 1 aromatic carbocycles. The Labute approximate surface area is 125 Å². The van der Waals surface area contributed by atoms with Crippen molar-refractivity contribution in [3.8, 4) is 0 Å². The number of carbonyl (C=O) groups excluding carboxylic acids is 2. The average Bonchev–Trinajstić information content (AvgIpc) is 2.93. The number of benzene rings is 1. The Morgan fingerprint density at radius 3 is 2.81 bits per heavy atom. The Hall–Kier alpha value is -1.82. The van der Waals surface area contributed by atoms with Crippen molar-refractivity contribution in [3.05, 3.63) is 35.6 Å². The second kappa shape index (κ2) is 5.89. The number of carbonyl (C=O) groups is 2. The second-order valence-electron chi connectivity index (χ2n) is 5.00. The maximum Gasteiger partial charge on any atom is 0.367 e. The lowest BCUT2D eigenvalue weighted by molar-refractivity contribution is 0.102. The molecule has 0 aromatic heterocycles. The van der Waals surface area contributed by atoms with E-state index in [9.17, 15) is 14.0 Å². The van der Waals surface area contributed by atoms with Gasteiger partial charge in [-0.25, -0.2) is 14.2 Å². The third-order valence-corrected chi connectivity index (χ3v) is 4.67. The van der Waals surface area contributed by atoms with Gasteiger partial charge in [0.15, 0.2) is 5.78 Å². The molecule has 21 heavy (non-hydrogen) atoms. The fourth-order valence-corrected chi connectivity index (χ4v) is 3.58. The predicted octanol–water partition coefficient (Wildman–Crippen LogP) is 3.51. The molecule has 0 bridgehead atoms. The standard InChI is InChI=1S/C15H13FN2O2S/c16-10-6-4-9(5-7-10)13(19)8-21-14-11-2-1-3-12(11)17-15(20)18-14/h4-7,11H,1-3,8H2. The van der Waals surface area contributed by atoms with Crippen molar-refractivity contribution in [2.45, 2.75) is 19.3 Å². The molecule has 1 aliphatic carbocycles. The topological polar surface area (TPSA) is 58.9 Å². The van der Waals surface area contributed by atoms with Crippen molar-refractivity contribution in [2.75, 3.05) is 5.75 Å². The van der Waals surface area contributed by atoms with E-state index in [0.717, 1.165) is 25.0 Å². The number of urea groups is 1. The van der Waals surface area contributed by atoms with Crippen LogP contribution >= 0.6 is 11.8 Å². The monoisotopic (exact) mass is 304 g/mol. The molecule has 0 saturated heterocycles. The normalized spacial score (nSPS) is 20.8. The first-order valence-electron chi connectivity index (χ1n) is 6.75. The van der Waals surface area contributed by atoms with Crippen LogP contribution in [0.4, 0.5) is 9.18 Å². The first-order chi connectivity index (χ1) is 10.1. The minimum atomic E-state index is -0.472. The van der Waals surface area contributed by atoms with Crippen molar-refractivity contribution in [2.24, 2.45) is 15.9 Å². The summed E-state index contributed by atoms with van der Waals surface area (Å²) in [6, 6.07) is 4.99. The Balaban J connectivity index is 1.66. The van der Waals surface area contributed by atoms with Crippen LogP contribution < -0.4 is 0 Å². The van der Waals surface area contributed by atoms with Gasteiger partial charge in [0.25, 0.3) is 0 Å². The summed E-state index contributed by atoms with van der Waals surface area (Å²) in [5, 5.41) is 0.693. The molecule has 1 unspecified atom stereocenters. The Bertz CT molecular complexity index is 652.